The summed E-state index contributed by atoms with van der Waals surface area (Å²) < 4.78 is 6.24. The summed E-state index contributed by atoms with van der Waals surface area (Å²) >= 11 is 1.89. The SMILES string of the molecule is CC([C@H]1CSC(c2cc3cc(Oc4ccccc4)cc(NC4CCCC4)c3[nH]2)=N1)N1CCCC1. The molecule has 5 nitrogen and oxygen atoms in total. The number of aromatic nitrogens is 1. The summed E-state index contributed by atoms with van der Waals surface area (Å²) in [6, 6.07) is 18.0. The molecule has 0 amide bonds. The Morgan fingerprint density at radius 2 is 1.82 bits per heavy atom. The van der Waals surface area contributed by atoms with Crippen molar-refractivity contribution in [2.24, 2.45) is 4.99 Å². The molecule has 3 aromatic rings. The average Bonchev–Trinajstić information content (AvgIpc) is 3.66. The minimum atomic E-state index is 0.373. The monoisotopic (exact) mass is 474 g/mol. The van der Waals surface area contributed by atoms with Crippen LogP contribution in [-0.2, 0) is 0 Å². The third-order valence-corrected chi connectivity index (χ3v) is 8.68. The summed E-state index contributed by atoms with van der Waals surface area (Å²) in [5, 5.41) is 6.13. The van der Waals surface area contributed by atoms with Crippen LogP contribution >= 0.6 is 11.8 Å². The van der Waals surface area contributed by atoms with E-state index in [4.69, 9.17) is 9.73 Å². The summed E-state index contributed by atoms with van der Waals surface area (Å²) in [6.07, 6.45) is 7.73. The molecule has 1 aliphatic carbocycles. The van der Waals surface area contributed by atoms with E-state index >= 15 is 0 Å². The van der Waals surface area contributed by atoms with Crippen LogP contribution in [0.2, 0.25) is 0 Å². The Morgan fingerprint density at radius 3 is 2.62 bits per heavy atom. The lowest BCUT2D eigenvalue weighted by Crippen LogP contribution is -2.39. The van der Waals surface area contributed by atoms with Crippen LogP contribution in [0.25, 0.3) is 10.9 Å². The highest BCUT2D eigenvalue weighted by molar-refractivity contribution is 8.14. The van der Waals surface area contributed by atoms with Crippen molar-refractivity contribution in [1.82, 2.24) is 9.88 Å². The highest BCUT2D eigenvalue weighted by atomic mass is 32.2. The van der Waals surface area contributed by atoms with E-state index in [0.717, 1.165) is 39.2 Å². The topological polar surface area (TPSA) is 52.6 Å². The number of nitrogens with one attached hydrogen (secondary N) is 2. The summed E-state index contributed by atoms with van der Waals surface area (Å²) in [6.45, 7) is 4.80. The summed E-state index contributed by atoms with van der Waals surface area (Å²) in [5.74, 6) is 2.79. The maximum absolute atomic E-state index is 6.24. The number of aliphatic imine (C=N–C) groups is 1. The lowest BCUT2D eigenvalue weighted by molar-refractivity contribution is 0.237. The van der Waals surface area contributed by atoms with Gasteiger partial charge in [0.25, 0.3) is 0 Å². The standard InChI is InChI=1S/C28H34N4OS/c1-19(32-13-7-8-14-32)26-18-34-28(31-26)25-16-20-15-23(33-22-11-3-2-4-12-22)17-24(27(20)30-25)29-21-9-5-6-10-21/h2-4,11-12,15-17,19,21,26,29-30H,5-10,13-14,18H2,1H3/t19?,26-/m1/s1. The van der Waals surface area contributed by atoms with Crippen molar-refractivity contribution >= 4 is 33.4 Å². The van der Waals surface area contributed by atoms with Gasteiger partial charge in [0.1, 0.15) is 16.5 Å². The first-order valence-electron chi connectivity index (χ1n) is 12.8. The smallest absolute Gasteiger partial charge is 0.130 e. The number of hydrogen-bond donors (Lipinski definition) is 2. The van der Waals surface area contributed by atoms with E-state index < -0.39 is 0 Å². The van der Waals surface area contributed by atoms with Gasteiger partial charge in [-0.25, -0.2) is 0 Å². The Bertz CT molecular complexity index is 1160. The fourth-order valence-electron chi connectivity index (χ4n) is 5.60. The van der Waals surface area contributed by atoms with Crippen LogP contribution in [0.4, 0.5) is 5.69 Å². The van der Waals surface area contributed by atoms with Gasteiger partial charge in [-0.15, -0.1) is 11.8 Å². The molecule has 6 heteroatoms. The maximum atomic E-state index is 6.24. The number of fused-ring (bicyclic) bond motifs is 1. The van der Waals surface area contributed by atoms with Crippen molar-refractivity contribution in [2.75, 3.05) is 24.2 Å². The minimum Gasteiger partial charge on any atom is -0.457 e. The van der Waals surface area contributed by atoms with E-state index in [2.05, 4.69) is 40.3 Å². The molecule has 34 heavy (non-hydrogen) atoms. The molecule has 2 atom stereocenters. The predicted molar refractivity (Wildman–Crippen MR) is 144 cm³/mol. The molecule has 2 fully saturated rings. The van der Waals surface area contributed by atoms with Gasteiger partial charge in [-0.3, -0.25) is 9.89 Å². The average molecular weight is 475 g/mol. The number of rotatable bonds is 7. The summed E-state index contributed by atoms with van der Waals surface area (Å²) in [5.41, 5.74) is 3.41. The van der Waals surface area contributed by atoms with Crippen LogP contribution in [0.15, 0.2) is 53.5 Å². The predicted octanol–water partition coefficient (Wildman–Crippen LogP) is 6.66. The van der Waals surface area contributed by atoms with Crippen molar-refractivity contribution in [3.63, 3.8) is 0 Å². The van der Waals surface area contributed by atoms with E-state index in [9.17, 15) is 0 Å². The van der Waals surface area contributed by atoms with Gasteiger partial charge in [0.05, 0.1) is 22.9 Å². The van der Waals surface area contributed by atoms with E-state index in [0.29, 0.717) is 18.1 Å². The van der Waals surface area contributed by atoms with Gasteiger partial charge in [-0.2, -0.15) is 0 Å². The van der Waals surface area contributed by atoms with Crippen molar-refractivity contribution in [3.05, 3.63) is 54.2 Å². The number of benzene rings is 2. The highest BCUT2D eigenvalue weighted by Crippen LogP contribution is 2.36. The molecular formula is C28H34N4OS. The lowest BCUT2D eigenvalue weighted by Gasteiger charge is -2.26. The molecular weight excluding hydrogens is 440 g/mol. The molecule has 1 aromatic heterocycles. The molecule has 1 saturated heterocycles. The van der Waals surface area contributed by atoms with Crippen LogP contribution < -0.4 is 10.1 Å². The fraction of sp³-hybridized carbons (Fsp3) is 0.464. The second kappa shape index (κ2) is 9.67. The first-order chi connectivity index (χ1) is 16.7. The quantitative estimate of drug-likeness (QED) is 0.402. The van der Waals surface area contributed by atoms with Gasteiger partial charge in [0.15, 0.2) is 0 Å². The maximum Gasteiger partial charge on any atom is 0.130 e. The first-order valence-corrected chi connectivity index (χ1v) is 13.8. The number of hydrogen-bond acceptors (Lipinski definition) is 5. The zero-order valence-electron chi connectivity index (χ0n) is 19.9. The highest BCUT2D eigenvalue weighted by Gasteiger charge is 2.30. The molecule has 0 bridgehead atoms. The van der Waals surface area contributed by atoms with Crippen LogP contribution in [0, 0.1) is 0 Å². The van der Waals surface area contributed by atoms with Crippen LogP contribution in [0.3, 0.4) is 0 Å². The summed E-state index contributed by atoms with van der Waals surface area (Å²) in [4.78, 5) is 11.5. The lowest BCUT2D eigenvalue weighted by atomic mass is 10.1. The largest absolute Gasteiger partial charge is 0.457 e. The Morgan fingerprint density at radius 1 is 1.03 bits per heavy atom. The molecule has 6 rings (SSSR count). The van der Waals surface area contributed by atoms with Gasteiger partial charge in [-0.05, 0) is 70.0 Å². The van der Waals surface area contributed by atoms with Crippen LogP contribution in [0.5, 0.6) is 11.5 Å². The Kier molecular flexibility index (Phi) is 6.27. The van der Waals surface area contributed by atoms with Crippen LogP contribution in [-0.4, -0.2) is 51.9 Å². The molecule has 2 aromatic carbocycles. The zero-order valence-corrected chi connectivity index (χ0v) is 20.7. The Labute approximate surface area is 206 Å². The second-order valence-electron chi connectivity index (χ2n) is 9.96. The summed E-state index contributed by atoms with van der Waals surface area (Å²) in [7, 11) is 0. The third kappa shape index (κ3) is 4.58. The molecule has 2 aliphatic heterocycles. The van der Waals surface area contributed by atoms with E-state index in [1.807, 2.05) is 42.1 Å². The number of anilines is 1. The van der Waals surface area contributed by atoms with E-state index in [1.165, 1.54) is 57.0 Å². The molecule has 1 unspecified atom stereocenters. The number of H-pyrrole nitrogens is 1. The fourth-order valence-corrected chi connectivity index (χ4v) is 6.75. The van der Waals surface area contributed by atoms with Gasteiger partial charge in [0, 0.05) is 29.3 Å². The van der Waals surface area contributed by atoms with Crippen molar-refractivity contribution in [1.29, 1.82) is 0 Å². The van der Waals surface area contributed by atoms with Crippen molar-refractivity contribution in [2.45, 2.75) is 63.6 Å². The normalized spacial score (nSPS) is 22.4. The number of thioether (sulfide) groups is 1. The zero-order chi connectivity index (χ0) is 22.9. The van der Waals surface area contributed by atoms with Gasteiger partial charge >= 0.3 is 0 Å². The van der Waals surface area contributed by atoms with Crippen molar-refractivity contribution in [3.8, 4) is 11.5 Å². The molecule has 3 heterocycles. The van der Waals surface area contributed by atoms with Crippen molar-refractivity contribution < 1.29 is 4.74 Å². The van der Waals surface area contributed by atoms with Gasteiger partial charge in [0.2, 0.25) is 0 Å². The molecule has 0 radical (unpaired) electrons. The molecule has 1 saturated carbocycles. The van der Waals surface area contributed by atoms with E-state index in [1.54, 1.807) is 0 Å². The number of nitrogens with zero attached hydrogens (tertiary/aromatic N) is 2. The first kappa shape index (κ1) is 22.1. The molecule has 0 spiro atoms. The van der Waals surface area contributed by atoms with Gasteiger partial charge < -0.3 is 15.0 Å². The molecule has 178 valence electrons. The van der Waals surface area contributed by atoms with Gasteiger partial charge in [-0.1, -0.05) is 31.0 Å². The number of likely N-dealkylation sites (tertiary alicyclic amines) is 1. The number of para-hydroxylation sites is 1. The molecule has 2 N–H and O–H groups in total. The number of ether oxygens (including phenoxy) is 1. The number of aromatic amines is 1. The Balaban J connectivity index is 1.31. The minimum absolute atomic E-state index is 0.373. The van der Waals surface area contributed by atoms with E-state index in [-0.39, 0.29) is 0 Å². The Hall–Kier alpha value is -2.44. The third-order valence-electron chi connectivity index (χ3n) is 7.57. The van der Waals surface area contributed by atoms with Crippen LogP contribution in [0.1, 0.15) is 51.1 Å². The second-order valence-corrected chi connectivity index (χ2v) is 11.0. The molecule has 3 aliphatic rings.